The quantitative estimate of drug-likeness (QED) is 0.848. The number of nitrogens with zero attached hydrogens (tertiary/aromatic N) is 4. The molecule has 2 aromatic rings. The molecule has 2 heterocycles. The van der Waals surface area contributed by atoms with Crippen LogP contribution in [0.3, 0.4) is 0 Å². The van der Waals surface area contributed by atoms with Gasteiger partial charge in [0.15, 0.2) is 0 Å². The predicted molar refractivity (Wildman–Crippen MR) is 94.4 cm³/mol. The van der Waals surface area contributed by atoms with Crippen molar-refractivity contribution >= 4 is 5.91 Å². The highest BCUT2D eigenvalue weighted by Gasteiger charge is 2.30. The molecule has 0 N–H and O–H groups in total. The van der Waals surface area contributed by atoms with Crippen LogP contribution in [-0.2, 0) is 17.9 Å². The van der Waals surface area contributed by atoms with E-state index in [1.165, 1.54) is 5.56 Å². The Morgan fingerprint density at radius 3 is 2.75 bits per heavy atom. The van der Waals surface area contributed by atoms with Crippen molar-refractivity contribution in [2.24, 2.45) is 0 Å². The van der Waals surface area contributed by atoms with Gasteiger partial charge < -0.3 is 9.47 Å². The number of hydrogen-bond acceptors (Lipinski definition) is 3. The molecule has 5 nitrogen and oxygen atoms in total. The maximum absolute atomic E-state index is 11.8. The maximum Gasteiger partial charge on any atom is 0.219 e. The molecule has 1 amide bonds. The topological polar surface area (TPSA) is 41.4 Å². The lowest BCUT2D eigenvalue weighted by Crippen LogP contribution is -2.49. The van der Waals surface area contributed by atoms with Gasteiger partial charge in [-0.05, 0) is 12.0 Å². The Bertz CT molecular complexity index is 667. The van der Waals surface area contributed by atoms with Gasteiger partial charge >= 0.3 is 0 Å². The van der Waals surface area contributed by atoms with Gasteiger partial charge in [0, 0.05) is 45.5 Å². The van der Waals surface area contributed by atoms with Crippen LogP contribution in [0.1, 0.15) is 37.7 Å². The van der Waals surface area contributed by atoms with Crippen LogP contribution in [0, 0.1) is 0 Å². The van der Waals surface area contributed by atoms with Gasteiger partial charge in [-0.1, -0.05) is 37.3 Å². The molecule has 0 radical (unpaired) electrons. The number of piperazine rings is 1. The van der Waals surface area contributed by atoms with Gasteiger partial charge in [-0.25, -0.2) is 4.98 Å². The predicted octanol–water partition coefficient (Wildman–Crippen LogP) is 2.70. The van der Waals surface area contributed by atoms with Gasteiger partial charge in [-0.2, -0.15) is 0 Å². The number of amides is 1. The van der Waals surface area contributed by atoms with Crippen molar-refractivity contribution in [3.63, 3.8) is 0 Å². The minimum atomic E-state index is 0.156. The summed E-state index contributed by atoms with van der Waals surface area (Å²) in [4.78, 5) is 20.8. The number of hydrogen-bond donors (Lipinski definition) is 0. The lowest BCUT2D eigenvalue weighted by Gasteiger charge is -2.41. The number of imidazole rings is 1. The van der Waals surface area contributed by atoms with E-state index >= 15 is 0 Å². The van der Waals surface area contributed by atoms with Gasteiger partial charge in [0.05, 0.1) is 12.6 Å². The standard InChI is InChI=1S/C19H26N4O/c1-3-10-21-11-9-20-19(21)15-23-13-12-22(16(2)24)14-18(23)17-7-5-4-6-8-17/h4-9,11,18H,3,10,12-15H2,1-2H3/t18-/m0/s1. The average Bonchev–Trinajstić information content (AvgIpc) is 3.03. The Morgan fingerprint density at radius 1 is 1.25 bits per heavy atom. The number of aromatic nitrogens is 2. The molecular formula is C19H26N4O. The molecule has 0 saturated carbocycles. The Balaban J connectivity index is 1.82. The molecule has 1 aliphatic heterocycles. The number of rotatable bonds is 5. The van der Waals surface area contributed by atoms with Gasteiger partial charge in [0.2, 0.25) is 5.91 Å². The summed E-state index contributed by atoms with van der Waals surface area (Å²) in [5.74, 6) is 1.26. The summed E-state index contributed by atoms with van der Waals surface area (Å²) in [6.45, 7) is 8.06. The highest BCUT2D eigenvalue weighted by Crippen LogP contribution is 2.27. The van der Waals surface area contributed by atoms with Crippen LogP contribution in [0.15, 0.2) is 42.7 Å². The van der Waals surface area contributed by atoms with Crippen LogP contribution in [0.25, 0.3) is 0 Å². The summed E-state index contributed by atoms with van der Waals surface area (Å²) in [7, 11) is 0. The monoisotopic (exact) mass is 326 g/mol. The molecule has 0 aliphatic carbocycles. The highest BCUT2D eigenvalue weighted by atomic mass is 16.2. The SMILES string of the molecule is CCCn1ccnc1CN1CCN(C(C)=O)C[C@H]1c1ccccc1. The first kappa shape index (κ1) is 16.7. The van der Waals surface area contributed by atoms with Crippen molar-refractivity contribution in [1.82, 2.24) is 19.4 Å². The summed E-state index contributed by atoms with van der Waals surface area (Å²) < 4.78 is 2.24. The minimum Gasteiger partial charge on any atom is -0.340 e. The van der Waals surface area contributed by atoms with E-state index in [4.69, 9.17) is 0 Å². The molecule has 0 spiro atoms. The molecule has 0 unspecified atom stereocenters. The third-order valence-electron chi connectivity index (χ3n) is 4.73. The van der Waals surface area contributed by atoms with Crippen molar-refractivity contribution < 1.29 is 4.79 Å². The fraction of sp³-hybridized carbons (Fsp3) is 0.474. The third-order valence-corrected chi connectivity index (χ3v) is 4.73. The third kappa shape index (κ3) is 3.67. The molecule has 1 aliphatic rings. The van der Waals surface area contributed by atoms with E-state index in [0.717, 1.165) is 45.0 Å². The lowest BCUT2D eigenvalue weighted by atomic mass is 10.0. The molecule has 5 heteroatoms. The van der Waals surface area contributed by atoms with E-state index in [1.54, 1.807) is 6.92 Å². The van der Waals surface area contributed by atoms with Crippen molar-refractivity contribution in [3.8, 4) is 0 Å². The van der Waals surface area contributed by atoms with Gasteiger partial charge in [-0.3, -0.25) is 9.69 Å². The van der Waals surface area contributed by atoms with Crippen LogP contribution in [-0.4, -0.2) is 44.9 Å². The summed E-state index contributed by atoms with van der Waals surface area (Å²) in [6, 6.07) is 10.7. The fourth-order valence-corrected chi connectivity index (χ4v) is 3.41. The van der Waals surface area contributed by atoms with Crippen LogP contribution in [0.2, 0.25) is 0 Å². The Labute approximate surface area is 143 Å². The largest absolute Gasteiger partial charge is 0.340 e. The van der Waals surface area contributed by atoms with Gasteiger partial charge in [-0.15, -0.1) is 0 Å². The molecule has 0 bridgehead atoms. The molecule has 1 saturated heterocycles. The molecular weight excluding hydrogens is 300 g/mol. The van der Waals surface area contributed by atoms with Crippen LogP contribution in [0.5, 0.6) is 0 Å². The van der Waals surface area contributed by atoms with Gasteiger partial charge in [0.25, 0.3) is 0 Å². The Kier molecular flexibility index (Phi) is 5.30. The number of aryl methyl sites for hydroxylation is 1. The average molecular weight is 326 g/mol. The summed E-state index contributed by atoms with van der Waals surface area (Å²) >= 11 is 0. The molecule has 1 aromatic carbocycles. The minimum absolute atomic E-state index is 0.156. The molecule has 1 atom stereocenters. The summed E-state index contributed by atoms with van der Waals surface area (Å²) in [5.41, 5.74) is 1.26. The molecule has 1 fully saturated rings. The van der Waals surface area contributed by atoms with E-state index in [0.29, 0.717) is 0 Å². The van der Waals surface area contributed by atoms with E-state index in [1.807, 2.05) is 17.2 Å². The second-order valence-corrected chi connectivity index (χ2v) is 6.40. The zero-order chi connectivity index (χ0) is 16.9. The van der Waals surface area contributed by atoms with Crippen molar-refractivity contribution in [3.05, 3.63) is 54.1 Å². The Hall–Kier alpha value is -2.14. The fourth-order valence-electron chi connectivity index (χ4n) is 3.41. The summed E-state index contributed by atoms with van der Waals surface area (Å²) in [6.07, 6.45) is 5.04. The second-order valence-electron chi connectivity index (χ2n) is 6.40. The summed E-state index contributed by atoms with van der Waals surface area (Å²) in [5, 5.41) is 0. The van der Waals surface area contributed by atoms with Crippen LogP contribution >= 0.6 is 0 Å². The molecule has 24 heavy (non-hydrogen) atoms. The smallest absolute Gasteiger partial charge is 0.219 e. The first-order valence-corrected chi connectivity index (χ1v) is 8.73. The van der Waals surface area contributed by atoms with Crippen LogP contribution < -0.4 is 0 Å². The molecule has 3 rings (SSSR count). The normalized spacial score (nSPS) is 18.8. The van der Waals surface area contributed by atoms with Crippen molar-refractivity contribution in [2.45, 2.75) is 39.4 Å². The van der Waals surface area contributed by atoms with E-state index in [2.05, 4.69) is 51.8 Å². The molecule has 128 valence electrons. The Morgan fingerprint density at radius 2 is 2.04 bits per heavy atom. The van der Waals surface area contributed by atoms with Gasteiger partial charge in [0.1, 0.15) is 5.82 Å². The number of carbonyl (C=O) groups excluding carboxylic acids is 1. The van der Waals surface area contributed by atoms with E-state index in [-0.39, 0.29) is 11.9 Å². The number of carbonyl (C=O) groups is 1. The lowest BCUT2D eigenvalue weighted by molar-refractivity contribution is -0.132. The maximum atomic E-state index is 11.8. The zero-order valence-electron chi connectivity index (χ0n) is 14.6. The number of benzene rings is 1. The first-order chi connectivity index (χ1) is 11.7. The zero-order valence-corrected chi connectivity index (χ0v) is 14.6. The molecule has 1 aromatic heterocycles. The van der Waals surface area contributed by atoms with Crippen LogP contribution in [0.4, 0.5) is 0 Å². The van der Waals surface area contributed by atoms with E-state index < -0.39 is 0 Å². The van der Waals surface area contributed by atoms with Crippen molar-refractivity contribution in [2.75, 3.05) is 19.6 Å². The highest BCUT2D eigenvalue weighted by molar-refractivity contribution is 5.73. The first-order valence-electron chi connectivity index (χ1n) is 8.73. The van der Waals surface area contributed by atoms with E-state index in [9.17, 15) is 4.79 Å². The van der Waals surface area contributed by atoms with Crippen molar-refractivity contribution in [1.29, 1.82) is 0 Å². The second kappa shape index (κ2) is 7.62.